The number of aromatic nitrogens is 3. The number of urea groups is 1. The topological polar surface area (TPSA) is 62.5 Å². The quantitative estimate of drug-likeness (QED) is 0.610. The Balaban J connectivity index is 1.86. The van der Waals surface area contributed by atoms with E-state index in [4.69, 9.17) is 0 Å². The molecule has 2 heterocycles. The average molecular weight is 446 g/mol. The lowest BCUT2D eigenvalue weighted by Crippen LogP contribution is -2.38. The molecular weight excluding hydrogens is 434 g/mol. The number of carbonyl (C=O) groups is 1. The third-order valence-corrected chi connectivity index (χ3v) is 3.94. The van der Waals surface area contributed by atoms with E-state index >= 15 is 0 Å². The lowest BCUT2D eigenvalue weighted by atomic mass is 10.1. The number of benzene rings is 1. The van der Waals surface area contributed by atoms with Crippen molar-refractivity contribution in [3.8, 4) is 11.3 Å². The summed E-state index contributed by atoms with van der Waals surface area (Å²) in [5.74, 6) is -0.258. The van der Waals surface area contributed by atoms with Crippen molar-refractivity contribution < 1.29 is 22.4 Å². The van der Waals surface area contributed by atoms with Gasteiger partial charge in [0.2, 0.25) is 5.78 Å². The maximum atomic E-state index is 14.2. The predicted molar refractivity (Wildman–Crippen MR) is 93.8 cm³/mol. The molecule has 3 aromatic rings. The molecule has 0 saturated carbocycles. The van der Waals surface area contributed by atoms with E-state index in [0.29, 0.717) is 15.2 Å². The number of nitrogens with one attached hydrogen (secondary N) is 1. The van der Waals surface area contributed by atoms with Gasteiger partial charge in [-0.15, -0.1) is 0 Å². The van der Waals surface area contributed by atoms with E-state index in [-0.39, 0.29) is 16.9 Å². The van der Waals surface area contributed by atoms with Crippen molar-refractivity contribution in [2.45, 2.75) is 6.18 Å². The van der Waals surface area contributed by atoms with Gasteiger partial charge in [0.1, 0.15) is 12.4 Å². The van der Waals surface area contributed by atoms with Gasteiger partial charge in [-0.05, 0) is 34.1 Å². The zero-order valence-corrected chi connectivity index (χ0v) is 15.3. The summed E-state index contributed by atoms with van der Waals surface area (Å²) in [6.07, 6.45) is 0.259. The monoisotopic (exact) mass is 445 g/mol. The van der Waals surface area contributed by atoms with Crippen LogP contribution in [0.25, 0.3) is 17.0 Å². The van der Waals surface area contributed by atoms with Crippen LogP contribution in [-0.4, -0.2) is 45.1 Å². The number of amides is 2. The van der Waals surface area contributed by atoms with Crippen molar-refractivity contribution in [1.29, 1.82) is 0 Å². The van der Waals surface area contributed by atoms with Crippen molar-refractivity contribution in [2.24, 2.45) is 0 Å². The summed E-state index contributed by atoms with van der Waals surface area (Å²) in [5.41, 5.74) is 0.474. The number of anilines is 1. The van der Waals surface area contributed by atoms with Crippen molar-refractivity contribution in [2.75, 3.05) is 18.9 Å². The highest BCUT2D eigenvalue weighted by Crippen LogP contribution is 2.26. The van der Waals surface area contributed by atoms with Gasteiger partial charge in [0.15, 0.2) is 0 Å². The van der Waals surface area contributed by atoms with Crippen molar-refractivity contribution in [3.63, 3.8) is 0 Å². The molecule has 0 aliphatic carbocycles. The Morgan fingerprint density at radius 2 is 2.07 bits per heavy atom. The normalized spacial score (nSPS) is 11.6. The summed E-state index contributed by atoms with van der Waals surface area (Å²) in [4.78, 5) is 20.7. The Morgan fingerprint density at radius 1 is 1.33 bits per heavy atom. The molecule has 0 bridgehead atoms. The summed E-state index contributed by atoms with van der Waals surface area (Å²) >= 11 is 3.27. The Hall–Kier alpha value is -2.69. The number of fused-ring (bicyclic) bond motifs is 1. The Morgan fingerprint density at radius 3 is 2.78 bits per heavy atom. The molecule has 6 nitrogen and oxygen atoms in total. The average Bonchev–Trinajstić information content (AvgIpc) is 2.97. The van der Waals surface area contributed by atoms with Crippen LogP contribution in [-0.2, 0) is 0 Å². The van der Waals surface area contributed by atoms with Gasteiger partial charge in [-0.2, -0.15) is 13.2 Å². The van der Waals surface area contributed by atoms with E-state index in [2.05, 4.69) is 31.2 Å². The first kappa shape index (κ1) is 19.1. The molecule has 0 spiro atoms. The summed E-state index contributed by atoms with van der Waals surface area (Å²) in [6, 6.07) is 2.68. The zero-order chi connectivity index (χ0) is 19.8. The fourth-order valence-corrected chi connectivity index (χ4v) is 2.67. The third kappa shape index (κ3) is 4.54. The second kappa shape index (κ2) is 7.14. The molecule has 0 saturated heterocycles. The molecule has 3 rings (SSSR count). The van der Waals surface area contributed by atoms with Gasteiger partial charge in [-0.25, -0.2) is 19.2 Å². The number of alkyl halides is 3. The summed E-state index contributed by atoms with van der Waals surface area (Å²) in [5, 5.41) is 2.31. The first-order chi connectivity index (χ1) is 12.6. The molecule has 0 aliphatic rings. The van der Waals surface area contributed by atoms with E-state index in [1.54, 1.807) is 16.8 Å². The standard InChI is InChI=1S/C16H12BrF4N5O/c1-25(8-16(19,20)21)15(27)23-10-2-3-12(18)11(4-10)13-7-26-6-9(17)5-22-14(26)24-13/h2-7H,8H2,1H3,(H,23,27). The van der Waals surface area contributed by atoms with Gasteiger partial charge >= 0.3 is 12.2 Å². The SMILES string of the molecule is CN(CC(F)(F)F)C(=O)Nc1ccc(F)c(-c2cn3cc(Br)cnc3n2)c1. The molecule has 0 radical (unpaired) electrons. The molecule has 1 N–H and O–H groups in total. The minimum atomic E-state index is -4.52. The van der Waals surface area contributed by atoms with Crippen LogP contribution in [0.5, 0.6) is 0 Å². The van der Waals surface area contributed by atoms with Gasteiger partial charge < -0.3 is 10.2 Å². The number of imidazole rings is 1. The van der Waals surface area contributed by atoms with Crippen LogP contribution in [0, 0.1) is 5.82 Å². The van der Waals surface area contributed by atoms with Crippen LogP contribution >= 0.6 is 15.9 Å². The van der Waals surface area contributed by atoms with E-state index in [9.17, 15) is 22.4 Å². The first-order valence-electron chi connectivity index (χ1n) is 7.51. The lowest BCUT2D eigenvalue weighted by Gasteiger charge is -2.19. The molecule has 2 aromatic heterocycles. The van der Waals surface area contributed by atoms with E-state index < -0.39 is 24.6 Å². The highest BCUT2D eigenvalue weighted by Gasteiger charge is 2.31. The Kier molecular flexibility index (Phi) is 5.05. The smallest absolute Gasteiger partial charge is 0.318 e. The van der Waals surface area contributed by atoms with Crippen molar-refractivity contribution >= 4 is 33.4 Å². The second-order valence-electron chi connectivity index (χ2n) is 5.70. The van der Waals surface area contributed by atoms with Crippen LogP contribution in [0.3, 0.4) is 0 Å². The van der Waals surface area contributed by atoms with Crippen LogP contribution in [0.4, 0.5) is 28.0 Å². The Labute approximate surface area is 159 Å². The molecule has 0 aliphatic heterocycles. The third-order valence-electron chi connectivity index (χ3n) is 3.54. The largest absolute Gasteiger partial charge is 0.406 e. The highest BCUT2D eigenvalue weighted by atomic mass is 79.9. The summed E-state index contributed by atoms with van der Waals surface area (Å²) < 4.78 is 53.7. The highest BCUT2D eigenvalue weighted by molar-refractivity contribution is 9.10. The molecule has 27 heavy (non-hydrogen) atoms. The number of nitrogens with zero attached hydrogens (tertiary/aromatic N) is 4. The molecule has 142 valence electrons. The minimum absolute atomic E-state index is 0.0768. The number of carbonyl (C=O) groups excluding carboxylic acids is 1. The fraction of sp³-hybridized carbons (Fsp3) is 0.188. The van der Waals surface area contributed by atoms with Gasteiger partial charge in [-0.3, -0.25) is 4.40 Å². The Bertz CT molecular complexity index is 1000. The van der Waals surface area contributed by atoms with E-state index in [0.717, 1.165) is 13.1 Å². The zero-order valence-electron chi connectivity index (χ0n) is 13.8. The fourth-order valence-electron chi connectivity index (χ4n) is 2.35. The van der Waals surface area contributed by atoms with Crippen LogP contribution in [0.2, 0.25) is 0 Å². The first-order valence-corrected chi connectivity index (χ1v) is 8.31. The second-order valence-corrected chi connectivity index (χ2v) is 6.62. The van der Waals surface area contributed by atoms with Crippen LogP contribution in [0.15, 0.2) is 41.3 Å². The number of hydrogen-bond acceptors (Lipinski definition) is 3. The van der Waals surface area contributed by atoms with Crippen LogP contribution in [0.1, 0.15) is 0 Å². The van der Waals surface area contributed by atoms with E-state index in [1.165, 1.54) is 18.3 Å². The van der Waals surface area contributed by atoms with Gasteiger partial charge in [0.05, 0.1) is 10.2 Å². The molecule has 2 amide bonds. The maximum absolute atomic E-state index is 14.2. The molecule has 0 unspecified atom stereocenters. The van der Waals surface area contributed by atoms with Crippen molar-refractivity contribution in [3.05, 3.63) is 47.1 Å². The van der Waals surface area contributed by atoms with Gasteiger partial charge in [0, 0.05) is 36.9 Å². The van der Waals surface area contributed by atoms with Crippen molar-refractivity contribution in [1.82, 2.24) is 19.3 Å². The molecule has 1 aromatic carbocycles. The van der Waals surface area contributed by atoms with Gasteiger partial charge in [0.25, 0.3) is 0 Å². The summed E-state index contributed by atoms with van der Waals surface area (Å²) in [6.45, 7) is -1.40. The lowest BCUT2D eigenvalue weighted by molar-refractivity contribution is -0.137. The van der Waals surface area contributed by atoms with Gasteiger partial charge in [-0.1, -0.05) is 0 Å². The molecule has 11 heteroatoms. The molecule has 0 fully saturated rings. The number of hydrogen-bond donors (Lipinski definition) is 1. The number of halogens is 5. The molecular formula is C16H12BrF4N5O. The van der Waals surface area contributed by atoms with Crippen LogP contribution < -0.4 is 5.32 Å². The number of rotatable bonds is 3. The predicted octanol–water partition coefficient (Wildman–Crippen LogP) is 4.32. The summed E-state index contributed by atoms with van der Waals surface area (Å²) in [7, 11) is 1.01. The minimum Gasteiger partial charge on any atom is -0.318 e. The van der Waals surface area contributed by atoms with E-state index in [1.807, 2.05) is 0 Å². The molecule has 0 atom stereocenters. The maximum Gasteiger partial charge on any atom is 0.406 e.